The van der Waals surface area contributed by atoms with Crippen LogP contribution in [0.2, 0.25) is 5.02 Å². The minimum absolute atomic E-state index is 0.0899. The first kappa shape index (κ1) is 11.4. The first-order chi connectivity index (χ1) is 6.61. The molecule has 3 nitrogen and oxygen atoms in total. The van der Waals surface area contributed by atoms with E-state index in [1.807, 2.05) is 13.8 Å². The molecule has 1 aromatic heterocycles. The maximum Gasteiger partial charge on any atom is 0.121 e. The zero-order valence-electron chi connectivity index (χ0n) is 8.27. The molecule has 0 aliphatic heterocycles. The van der Waals surface area contributed by atoms with Crippen molar-refractivity contribution in [2.24, 2.45) is 0 Å². The maximum atomic E-state index is 9.68. The zero-order valence-corrected chi connectivity index (χ0v) is 9.03. The van der Waals surface area contributed by atoms with Crippen LogP contribution in [-0.2, 0) is 4.74 Å². The summed E-state index contributed by atoms with van der Waals surface area (Å²) in [4.78, 5) is 3.99. The van der Waals surface area contributed by atoms with E-state index in [1.54, 1.807) is 18.3 Å². The molecule has 1 N–H and O–H groups in total. The first-order valence-corrected chi connectivity index (χ1v) is 4.89. The number of rotatable bonds is 4. The van der Waals surface area contributed by atoms with Crippen LogP contribution in [0.5, 0.6) is 0 Å². The van der Waals surface area contributed by atoms with Gasteiger partial charge < -0.3 is 9.84 Å². The fraction of sp³-hybridized carbons (Fsp3) is 0.500. The van der Waals surface area contributed by atoms with Crippen LogP contribution >= 0.6 is 11.6 Å². The number of hydrogen-bond acceptors (Lipinski definition) is 3. The van der Waals surface area contributed by atoms with E-state index in [0.717, 1.165) is 0 Å². The number of aliphatic hydroxyl groups excluding tert-OH is 1. The van der Waals surface area contributed by atoms with E-state index in [1.165, 1.54) is 0 Å². The number of hydrogen-bond donors (Lipinski definition) is 1. The molecule has 0 aliphatic carbocycles. The van der Waals surface area contributed by atoms with Gasteiger partial charge in [-0.2, -0.15) is 0 Å². The van der Waals surface area contributed by atoms with Crippen molar-refractivity contribution in [2.45, 2.75) is 26.1 Å². The van der Waals surface area contributed by atoms with Crippen molar-refractivity contribution < 1.29 is 9.84 Å². The van der Waals surface area contributed by atoms with Crippen molar-refractivity contribution in [2.75, 3.05) is 6.61 Å². The Morgan fingerprint density at radius 3 is 2.86 bits per heavy atom. The Labute approximate surface area is 88.7 Å². The van der Waals surface area contributed by atoms with E-state index in [0.29, 0.717) is 10.7 Å². The predicted octanol–water partition coefficient (Wildman–Crippen LogP) is 2.19. The molecule has 0 fully saturated rings. The lowest BCUT2D eigenvalue weighted by Gasteiger charge is -2.13. The van der Waals surface area contributed by atoms with Crippen LogP contribution in [0.4, 0.5) is 0 Å². The molecular formula is C10H14ClNO2. The van der Waals surface area contributed by atoms with Gasteiger partial charge in [-0.1, -0.05) is 11.6 Å². The number of halogens is 1. The lowest BCUT2D eigenvalue weighted by molar-refractivity contribution is 0.00331. The third-order valence-electron chi connectivity index (χ3n) is 1.69. The molecule has 0 saturated carbocycles. The van der Waals surface area contributed by atoms with Gasteiger partial charge in [-0.15, -0.1) is 0 Å². The lowest BCUT2D eigenvalue weighted by atomic mass is 10.2. The Hall–Kier alpha value is -0.640. The molecule has 78 valence electrons. The van der Waals surface area contributed by atoms with Gasteiger partial charge in [0.25, 0.3) is 0 Å². The third-order valence-corrected chi connectivity index (χ3v) is 2.01. The Morgan fingerprint density at radius 2 is 2.29 bits per heavy atom. The maximum absolute atomic E-state index is 9.68. The summed E-state index contributed by atoms with van der Waals surface area (Å²) in [6, 6.07) is 3.42. The number of ether oxygens (including phenoxy) is 1. The topological polar surface area (TPSA) is 42.4 Å². The Morgan fingerprint density at radius 1 is 1.57 bits per heavy atom. The van der Waals surface area contributed by atoms with Gasteiger partial charge in [-0.25, -0.2) is 0 Å². The minimum atomic E-state index is -0.758. The molecule has 0 aliphatic rings. The van der Waals surface area contributed by atoms with Crippen molar-refractivity contribution in [1.82, 2.24) is 4.98 Å². The van der Waals surface area contributed by atoms with Gasteiger partial charge in [0.2, 0.25) is 0 Å². The van der Waals surface area contributed by atoms with Gasteiger partial charge in [-0.3, -0.25) is 4.98 Å². The molecule has 0 saturated heterocycles. The molecule has 1 rings (SSSR count). The number of aromatic nitrogens is 1. The quantitative estimate of drug-likeness (QED) is 0.837. The Kier molecular flexibility index (Phi) is 4.32. The second-order valence-electron chi connectivity index (χ2n) is 3.27. The van der Waals surface area contributed by atoms with Crippen molar-refractivity contribution in [3.05, 3.63) is 29.0 Å². The SMILES string of the molecule is CC(C)OCC(O)c1ncccc1Cl. The van der Waals surface area contributed by atoms with E-state index < -0.39 is 6.10 Å². The number of nitrogens with zero attached hydrogens (tertiary/aromatic N) is 1. The fourth-order valence-corrected chi connectivity index (χ4v) is 1.25. The van der Waals surface area contributed by atoms with Crippen LogP contribution in [0.15, 0.2) is 18.3 Å². The molecule has 1 aromatic rings. The molecule has 1 atom stereocenters. The summed E-state index contributed by atoms with van der Waals surface area (Å²) < 4.78 is 5.26. The van der Waals surface area contributed by atoms with Gasteiger partial charge in [-0.05, 0) is 26.0 Å². The largest absolute Gasteiger partial charge is 0.384 e. The van der Waals surface area contributed by atoms with E-state index >= 15 is 0 Å². The van der Waals surface area contributed by atoms with Crippen LogP contribution in [0, 0.1) is 0 Å². The van der Waals surface area contributed by atoms with Gasteiger partial charge >= 0.3 is 0 Å². The minimum Gasteiger partial charge on any atom is -0.384 e. The van der Waals surface area contributed by atoms with Crippen molar-refractivity contribution in [1.29, 1.82) is 0 Å². The summed E-state index contributed by atoms with van der Waals surface area (Å²) in [5.74, 6) is 0. The van der Waals surface area contributed by atoms with E-state index in [4.69, 9.17) is 16.3 Å². The van der Waals surface area contributed by atoms with Gasteiger partial charge in [0.1, 0.15) is 6.10 Å². The smallest absolute Gasteiger partial charge is 0.121 e. The van der Waals surface area contributed by atoms with E-state index in [2.05, 4.69) is 4.98 Å². The molecule has 1 unspecified atom stereocenters. The lowest BCUT2D eigenvalue weighted by Crippen LogP contribution is -2.13. The van der Waals surface area contributed by atoms with Gasteiger partial charge in [0, 0.05) is 6.20 Å². The van der Waals surface area contributed by atoms with E-state index in [-0.39, 0.29) is 12.7 Å². The van der Waals surface area contributed by atoms with Crippen molar-refractivity contribution in [3.8, 4) is 0 Å². The van der Waals surface area contributed by atoms with Crippen LogP contribution in [0.25, 0.3) is 0 Å². The van der Waals surface area contributed by atoms with E-state index in [9.17, 15) is 5.11 Å². The highest BCUT2D eigenvalue weighted by atomic mass is 35.5. The van der Waals surface area contributed by atoms with Crippen molar-refractivity contribution in [3.63, 3.8) is 0 Å². The van der Waals surface area contributed by atoms with Crippen molar-refractivity contribution >= 4 is 11.6 Å². The summed E-state index contributed by atoms with van der Waals surface area (Å²) in [5, 5.41) is 10.1. The highest BCUT2D eigenvalue weighted by Gasteiger charge is 2.13. The normalized spacial score (nSPS) is 13.2. The second kappa shape index (κ2) is 5.29. The molecule has 4 heteroatoms. The van der Waals surface area contributed by atoms with Crippen LogP contribution in [-0.4, -0.2) is 22.8 Å². The highest BCUT2D eigenvalue weighted by Crippen LogP contribution is 2.20. The molecular weight excluding hydrogens is 202 g/mol. The summed E-state index contributed by atoms with van der Waals surface area (Å²) in [6.07, 6.45) is 0.929. The summed E-state index contributed by atoms with van der Waals surface area (Å²) in [5.41, 5.74) is 0.467. The van der Waals surface area contributed by atoms with Gasteiger partial charge in [0.15, 0.2) is 0 Å². The third kappa shape index (κ3) is 3.25. The number of aliphatic hydroxyl groups is 1. The average molecular weight is 216 g/mol. The molecule has 0 radical (unpaired) electrons. The monoisotopic (exact) mass is 215 g/mol. The molecule has 0 bridgehead atoms. The highest BCUT2D eigenvalue weighted by molar-refractivity contribution is 6.31. The summed E-state index contributed by atoms with van der Waals surface area (Å²) in [7, 11) is 0. The zero-order chi connectivity index (χ0) is 10.6. The summed E-state index contributed by atoms with van der Waals surface area (Å²) >= 11 is 5.86. The first-order valence-electron chi connectivity index (χ1n) is 4.51. The molecule has 0 spiro atoms. The molecule has 0 aromatic carbocycles. The molecule has 1 heterocycles. The fourth-order valence-electron chi connectivity index (χ4n) is 1.01. The Balaban J connectivity index is 2.60. The average Bonchev–Trinajstić information content (AvgIpc) is 2.15. The Bertz CT molecular complexity index is 291. The van der Waals surface area contributed by atoms with Crippen LogP contribution in [0.3, 0.4) is 0 Å². The summed E-state index contributed by atoms with van der Waals surface area (Å²) in [6.45, 7) is 4.04. The molecule has 0 amide bonds. The number of pyridine rings is 1. The standard InChI is InChI=1S/C10H14ClNO2/c1-7(2)14-6-9(13)10-8(11)4-3-5-12-10/h3-5,7,9,13H,6H2,1-2H3. The molecule has 14 heavy (non-hydrogen) atoms. The van der Waals surface area contributed by atoms with Gasteiger partial charge in [0.05, 0.1) is 23.4 Å². The predicted molar refractivity (Wildman–Crippen MR) is 55.3 cm³/mol. The van der Waals surface area contributed by atoms with Crippen LogP contribution < -0.4 is 0 Å². The second-order valence-corrected chi connectivity index (χ2v) is 3.68. The van der Waals surface area contributed by atoms with Crippen LogP contribution in [0.1, 0.15) is 25.6 Å².